The molecule has 1 amide bonds. The molecule has 0 bridgehead atoms. The Morgan fingerprint density at radius 2 is 1.71 bits per heavy atom. The van der Waals surface area contributed by atoms with Crippen molar-refractivity contribution in [1.82, 2.24) is 9.47 Å². The molecule has 1 heterocycles. The molecule has 1 N–H and O–H groups in total. The van der Waals surface area contributed by atoms with Crippen molar-refractivity contribution in [2.24, 2.45) is 11.8 Å². The summed E-state index contributed by atoms with van der Waals surface area (Å²) in [7, 11) is 3.52. The molecule has 1 aliphatic carbocycles. The van der Waals surface area contributed by atoms with Crippen LogP contribution in [0.4, 0.5) is 0 Å². The van der Waals surface area contributed by atoms with Crippen LogP contribution in [0.3, 0.4) is 0 Å². The zero-order valence-corrected chi connectivity index (χ0v) is 25.6. The lowest BCUT2D eigenvalue weighted by Gasteiger charge is -2.26. The third-order valence-corrected chi connectivity index (χ3v) is 8.84. The number of aromatic nitrogens is 1. The highest BCUT2D eigenvalue weighted by Gasteiger charge is 2.27. The van der Waals surface area contributed by atoms with Gasteiger partial charge in [0.1, 0.15) is 12.3 Å². The molecule has 1 aromatic heterocycles. The van der Waals surface area contributed by atoms with Gasteiger partial charge in [-0.2, -0.15) is 0 Å². The van der Waals surface area contributed by atoms with Gasteiger partial charge in [0.05, 0.1) is 23.4 Å². The van der Waals surface area contributed by atoms with E-state index in [4.69, 9.17) is 4.74 Å². The Hall–Kier alpha value is -3.28. The van der Waals surface area contributed by atoms with E-state index in [2.05, 4.69) is 32.9 Å². The smallest absolute Gasteiger partial charge is 0.335 e. The lowest BCUT2D eigenvalue weighted by molar-refractivity contribution is -0.129. The van der Waals surface area contributed by atoms with Gasteiger partial charge < -0.3 is 19.3 Å². The number of amides is 1. The molecule has 0 spiro atoms. The number of carboxylic acids is 1. The summed E-state index contributed by atoms with van der Waals surface area (Å²) >= 11 is 0. The monoisotopic (exact) mass is 560 g/mol. The second kappa shape index (κ2) is 14.1. The first-order valence-corrected chi connectivity index (χ1v) is 15.6. The topological polar surface area (TPSA) is 71.8 Å². The van der Waals surface area contributed by atoms with Gasteiger partial charge in [0.25, 0.3) is 0 Å². The van der Waals surface area contributed by atoms with Crippen molar-refractivity contribution in [2.75, 3.05) is 20.7 Å². The number of hydrogen-bond acceptors (Lipinski definition) is 3. The van der Waals surface area contributed by atoms with Crippen LogP contribution in [0, 0.1) is 11.8 Å². The van der Waals surface area contributed by atoms with E-state index < -0.39 is 5.97 Å². The number of unbranched alkanes of at least 4 members (excludes halogenated alkanes) is 1. The van der Waals surface area contributed by atoms with Crippen LogP contribution >= 0.6 is 0 Å². The maximum absolute atomic E-state index is 13.1. The number of rotatable bonds is 13. The number of carbonyl (C=O) groups is 2. The summed E-state index contributed by atoms with van der Waals surface area (Å²) in [6.07, 6.45) is 10.4. The number of carbonyl (C=O) groups excluding carboxylic acids is 1. The van der Waals surface area contributed by atoms with Gasteiger partial charge >= 0.3 is 5.97 Å². The molecule has 1 saturated carbocycles. The van der Waals surface area contributed by atoms with Crippen molar-refractivity contribution in [1.29, 1.82) is 0 Å². The predicted octanol–water partition coefficient (Wildman–Crippen LogP) is 8.37. The van der Waals surface area contributed by atoms with E-state index in [1.807, 2.05) is 22.8 Å². The fourth-order valence-corrected chi connectivity index (χ4v) is 6.33. The van der Waals surface area contributed by atoms with Crippen molar-refractivity contribution in [3.8, 4) is 17.0 Å². The first-order chi connectivity index (χ1) is 19.7. The lowest BCUT2D eigenvalue weighted by Crippen LogP contribution is -2.26. The van der Waals surface area contributed by atoms with E-state index in [1.54, 1.807) is 31.1 Å². The van der Waals surface area contributed by atoms with Gasteiger partial charge in [-0.05, 0) is 91.0 Å². The third kappa shape index (κ3) is 7.33. The molecular formula is C35H48N2O4. The zero-order valence-electron chi connectivity index (χ0n) is 25.6. The number of hydrogen-bond donors (Lipinski definition) is 1. The summed E-state index contributed by atoms with van der Waals surface area (Å²) in [5.41, 5.74) is 4.29. The number of benzene rings is 2. The average molecular weight is 561 g/mol. The molecule has 1 aliphatic rings. The van der Waals surface area contributed by atoms with Crippen molar-refractivity contribution < 1.29 is 19.4 Å². The summed E-state index contributed by atoms with van der Waals surface area (Å²) in [5, 5.41) is 10.8. The number of aromatic carboxylic acids is 1. The molecule has 0 saturated heterocycles. The van der Waals surface area contributed by atoms with Crippen LogP contribution in [0.2, 0.25) is 0 Å². The van der Waals surface area contributed by atoms with Gasteiger partial charge in [-0.1, -0.05) is 58.9 Å². The maximum atomic E-state index is 13.1. The second-order valence-corrected chi connectivity index (χ2v) is 12.3. The van der Waals surface area contributed by atoms with Crippen LogP contribution < -0.4 is 4.74 Å². The van der Waals surface area contributed by atoms with Crippen LogP contribution in [0.5, 0.6) is 5.75 Å². The summed E-state index contributed by atoms with van der Waals surface area (Å²) < 4.78 is 8.28. The Kier molecular flexibility index (Phi) is 10.5. The van der Waals surface area contributed by atoms with Crippen LogP contribution in [-0.2, 0) is 11.3 Å². The Morgan fingerprint density at radius 1 is 1.00 bits per heavy atom. The quantitative estimate of drug-likeness (QED) is 0.228. The second-order valence-electron chi connectivity index (χ2n) is 12.3. The molecule has 222 valence electrons. The highest BCUT2D eigenvalue weighted by atomic mass is 16.5. The van der Waals surface area contributed by atoms with E-state index in [0.29, 0.717) is 11.8 Å². The Labute approximate surface area is 245 Å². The molecule has 0 radical (unpaired) electrons. The van der Waals surface area contributed by atoms with Crippen molar-refractivity contribution in [3.05, 3.63) is 53.6 Å². The van der Waals surface area contributed by atoms with E-state index in [1.165, 1.54) is 31.2 Å². The lowest BCUT2D eigenvalue weighted by atomic mass is 9.83. The SMILES string of the molecule is CCCCC(CCC)c1c(-c2ccc(OCC3CCC(C)CC3)cc2)n(CC(=O)N(C)C)c2cc(C(=O)O)ccc12. The third-order valence-electron chi connectivity index (χ3n) is 8.84. The van der Waals surface area contributed by atoms with Gasteiger partial charge in [0, 0.05) is 19.5 Å². The standard InChI is InChI=1S/C35H48N2O4/c1-6-8-10-26(9-7-2)33-30-20-17-28(35(39)40)21-31(30)37(22-32(38)36(4)5)34(33)27-15-18-29(19-16-27)41-23-25-13-11-24(3)12-14-25/h15-21,24-26H,6-14,22-23H2,1-5H3,(H,39,40). The Morgan fingerprint density at radius 3 is 2.32 bits per heavy atom. The van der Waals surface area contributed by atoms with Crippen LogP contribution in [0.1, 0.15) is 100 Å². The van der Waals surface area contributed by atoms with Gasteiger partial charge in [-0.15, -0.1) is 0 Å². The fourth-order valence-electron chi connectivity index (χ4n) is 6.33. The normalized spacial score (nSPS) is 17.9. The minimum absolute atomic E-state index is 0.0298. The zero-order chi connectivity index (χ0) is 29.5. The minimum atomic E-state index is -0.966. The molecule has 3 aromatic rings. The molecule has 6 nitrogen and oxygen atoms in total. The van der Waals surface area contributed by atoms with Gasteiger partial charge in [-0.3, -0.25) is 4.79 Å². The molecular weight excluding hydrogens is 512 g/mol. The largest absolute Gasteiger partial charge is 0.493 e. The Balaban J connectivity index is 1.80. The average Bonchev–Trinajstić information content (AvgIpc) is 3.28. The molecule has 1 unspecified atom stereocenters. The van der Waals surface area contributed by atoms with Crippen LogP contribution in [0.15, 0.2) is 42.5 Å². The molecule has 6 heteroatoms. The van der Waals surface area contributed by atoms with E-state index >= 15 is 0 Å². The number of fused-ring (bicyclic) bond motifs is 1. The van der Waals surface area contributed by atoms with Crippen LogP contribution in [0.25, 0.3) is 22.2 Å². The Bertz CT molecular complexity index is 1320. The number of ether oxygens (including phenoxy) is 1. The van der Waals surface area contributed by atoms with Gasteiger partial charge in [0.15, 0.2) is 0 Å². The molecule has 0 aliphatic heterocycles. The number of nitrogens with zero attached hydrogens (tertiary/aromatic N) is 2. The highest BCUT2D eigenvalue weighted by molar-refractivity contribution is 5.99. The summed E-state index contributed by atoms with van der Waals surface area (Å²) in [6.45, 7) is 7.67. The van der Waals surface area contributed by atoms with E-state index in [9.17, 15) is 14.7 Å². The molecule has 4 rings (SSSR count). The van der Waals surface area contributed by atoms with Crippen molar-refractivity contribution >= 4 is 22.8 Å². The molecule has 41 heavy (non-hydrogen) atoms. The predicted molar refractivity (Wildman–Crippen MR) is 167 cm³/mol. The van der Waals surface area contributed by atoms with E-state index in [0.717, 1.165) is 72.5 Å². The van der Waals surface area contributed by atoms with Gasteiger partial charge in [-0.25, -0.2) is 4.79 Å². The van der Waals surface area contributed by atoms with Crippen molar-refractivity contribution in [3.63, 3.8) is 0 Å². The highest BCUT2D eigenvalue weighted by Crippen LogP contribution is 2.43. The minimum Gasteiger partial charge on any atom is -0.493 e. The first kappa shape index (κ1) is 30.7. The van der Waals surface area contributed by atoms with Crippen LogP contribution in [-0.4, -0.2) is 47.2 Å². The first-order valence-electron chi connectivity index (χ1n) is 15.6. The van der Waals surface area contributed by atoms with Gasteiger partial charge in [0.2, 0.25) is 5.91 Å². The van der Waals surface area contributed by atoms with E-state index in [-0.39, 0.29) is 18.0 Å². The molecule has 2 aromatic carbocycles. The molecule has 1 atom stereocenters. The molecule has 1 fully saturated rings. The summed E-state index contributed by atoms with van der Waals surface area (Å²) in [6, 6.07) is 13.7. The maximum Gasteiger partial charge on any atom is 0.335 e. The van der Waals surface area contributed by atoms with Crippen molar-refractivity contribution in [2.45, 2.75) is 91.0 Å². The summed E-state index contributed by atoms with van der Waals surface area (Å²) in [5.74, 6) is 1.63. The fraction of sp³-hybridized carbons (Fsp3) is 0.543. The number of carboxylic acid groups (broad SMARTS) is 1. The number of likely N-dealkylation sites (N-methyl/N-ethyl adjacent to an activating group) is 1. The summed E-state index contributed by atoms with van der Waals surface area (Å²) in [4.78, 5) is 26.7.